The Morgan fingerprint density at radius 3 is 2.56 bits per heavy atom. The number of benzene rings is 1. The van der Waals surface area contributed by atoms with Gasteiger partial charge in [-0.1, -0.05) is 6.07 Å². The molecule has 0 fully saturated rings. The normalized spacial score (nSPS) is 9.50. The van der Waals surface area contributed by atoms with Crippen LogP contribution in [-0.4, -0.2) is 9.91 Å². The van der Waals surface area contributed by atoms with Crippen molar-refractivity contribution in [3.05, 3.63) is 58.3 Å². The fourth-order valence-electron chi connectivity index (χ4n) is 1.29. The first-order chi connectivity index (χ1) is 8.69. The number of nitro benzene ring substituents is 1. The lowest BCUT2D eigenvalue weighted by atomic mass is 10.3. The molecule has 0 aliphatic carbocycles. The first-order valence-corrected chi connectivity index (χ1v) is 4.98. The Labute approximate surface area is 102 Å². The number of ether oxygens (including phenoxy) is 1. The number of hydrogen-bond donors (Lipinski definition) is 0. The summed E-state index contributed by atoms with van der Waals surface area (Å²) in [6.07, 6.45) is 0. The van der Waals surface area contributed by atoms with Crippen molar-refractivity contribution in [2.45, 2.75) is 0 Å². The van der Waals surface area contributed by atoms with Gasteiger partial charge in [0.05, 0.1) is 4.92 Å². The van der Waals surface area contributed by atoms with E-state index in [0.29, 0.717) is 5.75 Å². The van der Waals surface area contributed by atoms with Gasteiger partial charge in [-0.05, 0) is 18.2 Å². The standard InChI is InChI=1S/C12H7N3O3/c13-8-9-2-1-3-12(14-9)18-11-6-4-10(5-7-11)15(16)17/h1-7H. The minimum absolute atomic E-state index is 0.0129. The lowest BCUT2D eigenvalue weighted by Crippen LogP contribution is -1.91. The molecule has 0 amide bonds. The van der Waals surface area contributed by atoms with Crippen LogP contribution in [-0.2, 0) is 0 Å². The number of pyridine rings is 1. The van der Waals surface area contributed by atoms with Gasteiger partial charge in [0.15, 0.2) is 0 Å². The smallest absolute Gasteiger partial charge is 0.269 e. The van der Waals surface area contributed by atoms with Crippen molar-refractivity contribution in [3.63, 3.8) is 0 Å². The molecule has 0 unspecified atom stereocenters. The molecule has 2 rings (SSSR count). The van der Waals surface area contributed by atoms with Crippen molar-refractivity contribution in [3.8, 4) is 17.7 Å². The molecule has 1 heterocycles. The SMILES string of the molecule is N#Cc1cccc(Oc2ccc([N+](=O)[O-])cc2)n1. The van der Waals surface area contributed by atoms with Gasteiger partial charge >= 0.3 is 0 Å². The quantitative estimate of drug-likeness (QED) is 0.608. The fraction of sp³-hybridized carbons (Fsp3) is 0. The molecule has 1 aromatic carbocycles. The summed E-state index contributed by atoms with van der Waals surface area (Å²) in [6.45, 7) is 0. The van der Waals surface area contributed by atoms with Crippen molar-refractivity contribution >= 4 is 5.69 Å². The molecule has 0 aliphatic rings. The van der Waals surface area contributed by atoms with Crippen LogP contribution in [0.4, 0.5) is 5.69 Å². The van der Waals surface area contributed by atoms with E-state index in [4.69, 9.17) is 10.00 Å². The van der Waals surface area contributed by atoms with E-state index in [-0.39, 0.29) is 17.3 Å². The van der Waals surface area contributed by atoms with Crippen LogP contribution in [0.25, 0.3) is 0 Å². The van der Waals surface area contributed by atoms with Gasteiger partial charge < -0.3 is 4.74 Å². The van der Waals surface area contributed by atoms with E-state index in [1.54, 1.807) is 18.2 Å². The Morgan fingerprint density at radius 2 is 1.94 bits per heavy atom. The number of rotatable bonds is 3. The van der Waals surface area contributed by atoms with Gasteiger partial charge in [-0.15, -0.1) is 0 Å². The topological polar surface area (TPSA) is 89.0 Å². The second kappa shape index (κ2) is 4.93. The van der Waals surface area contributed by atoms with Gasteiger partial charge in [-0.25, -0.2) is 4.98 Å². The Balaban J connectivity index is 2.18. The summed E-state index contributed by atoms with van der Waals surface area (Å²) < 4.78 is 5.37. The summed E-state index contributed by atoms with van der Waals surface area (Å²) in [4.78, 5) is 13.9. The highest BCUT2D eigenvalue weighted by Crippen LogP contribution is 2.22. The van der Waals surface area contributed by atoms with E-state index in [2.05, 4.69) is 4.98 Å². The Bertz CT molecular complexity index is 617. The number of nitriles is 1. The third-order valence-electron chi connectivity index (χ3n) is 2.11. The third-order valence-corrected chi connectivity index (χ3v) is 2.11. The predicted octanol–water partition coefficient (Wildman–Crippen LogP) is 2.65. The molecule has 0 bridgehead atoms. The maximum absolute atomic E-state index is 10.5. The number of aromatic nitrogens is 1. The molecule has 0 saturated heterocycles. The molecule has 2 aromatic rings. The van der Waals surface area contributed by atoms with Crippen LogP contribution < -0.4 is 4.74 Å². The van der Waals surface area contributed by atoms with Gasteiger partial charge in [-0.2, -0.15) is 5.26 Å². The highest BCUT2D eigenvalue weighted by Gasteiger charge is 2.05. The maximum atomic E-state index is 10.5. The minimum atomic E-state index is -0.488. The Morgan fingerprint density at radius 1 is 1.22 bits per heavy atom. The summed E-state index contributed by atoms with van der Waals surface area (Å²) in [5, 5.41) is 19.2. The highest BCUT2D eigenvalue weighted by molar-refractivity contribution is 5.38. The summed E-state index contributed by atoms with van der Waals surface area (Å²) in [7, 11) is 0. The molecule has 6 heteroatoms. The van der Waals surface area contributed by atoms with E-state index >= 15 is 0 Å². The molecule has 0 spiro atoms. The van der Waals surface area contributed by atoms with E-state index < -0.39 is 4.92 Å². The van der Waals surface area contributed by atoms with Crippen LogP contribution in [0.5, 0.6) is 11.6 Å². The molecular weight excluding hydrogens is 234 g/mol. The molecule has 0 N–H and O–H groups in total. The first kappa shape index (κ1) is 11.5. The van der Waals surface area contributed by atoms with E-state index in [0.717, 1.165) is 0 Å². The lowest BCUT2D eigenvalue weighted by molar-refractivity contribution is -0.384. The Kier molecular flexibility index (Phi) is 3.16. The molecular formula is C12H7N3O3. The van der Waals surface area contributed by atoms with Crippen LogP contribution in [0.2, 0.25) is 0 Å². The summed E-state index contributed by atoms with van der Waals surface area (Å²) in [5.74, 6) is 0.686. The van der Waals surface area contributed by atoms with Crippen molar-refractivity contribution in [1.82, 2.24) is 4.98 Å². The average Bonchev–Trinajstić information content (AvgIpc) is 2.39. The van der Waals surface area contributed by atoms with Gasteiger partial charge in [0.25, 0.3) is 5.69 Å². The van der Waals surface area contributed by atoms with Crippen LogP contribution in [0.3, 0.4) is 0 Å². The largest absolute Gasteiger partial charge is 0.439 e. The number of non-ortho nitro benzene ring substituents is 1. The molecule has 18 heavy (non-hydrogen) atoms. The molecule has 0 aliphatic heterocycles. The predicted molar refractivity (Wildman–Crippen MR) is 62.1 cm³/mol. The Hall–Kier alpha value is -2.94. The third kappa shape index (κ3) is 2.59. The van der Waals surface area contributed by atoms with Crippen molar-refractivity contribution in [1.29, 1.82) is 5.26 Å². The van der Waals surface area contributed by atoms with Gasteiger partial charge in [0.1, 0.15) is 17.5 Å². The fourth-order valence-corrected chi connectivity index (χ4v) is 1.29. The van der Waals surface area contributed by atoms with Crippen molar-refractivity contribution in [2.24, 2.45) is 0 Å². The van der Waals surface area contributed by atoms with Gasteiger partial charge in [0.2, 0.25) is 5.88 Å². The van der Waals surface area contributed by atoms with E-state index in [9.17, 15) is 10.1 Å². The lowest BCUT2D eigenvalue weighted by Gasteiger charge is -2.03. The molecule has 0 saturated carbocycles. The van der Waals surface area contributed by atoms with Crippen LogP contribution in [0, 0.1) is 21.4 Å². The summed E-state index contributed by atoms with van der Waals surface area (Å²) >= 11 is 0. The van der Waals surface area contributed by atoms with Gasteiger partial charge in [0, 0.05) is 18.2 Å². The van der Waals surface area contributed by atoms with Gasteiger partial charge in [-0.3, -0.25) is 10.1 Å². The second-order valence-corrected chi connectivity index (χ2v) is 3.33. The van der Waals surface area contributed by atoms with Crippen LogP contribution in [0.15, 0.2) is 42.5 Å². The summed E-state index contributed by atoms with van der Waals surface area (Å²) in [6, 6.07) is 12.3. The summed E-state index contributed by atoms with van der Waals surface area (Å²) in [5.41, 5.74) is 0.232. The number of nitrogens with zero attached hydrogens (tertiary/aromatic N) is 3. The molecule has 88 valence electrons. The number of nitro groups is 1. The molecule has 6 nitrogen and oxygen atoms in total. The highest BCUT2D eigenvalue weighted by atomic mass is 16.6. The number of hydrogen-bond acceptors (Lipinski definition) is 5. The van der Waals surface area contributed by atoms with E-state index in [1.165, 1.54) is 24.3 Å². The average molecular weight is 241 g/mol. The van der Waals surface area contributed by atoms with E-state index in [1.807, 2.05) is 6.07 Å². The second-order valence-electron chi connectivity index (χ2n) is 3.33. The molecule has 0 radical (unpaired) electrons. The van der Waals surface area contributed by atoms with Crippen LogP contribution in [0.1, 0.15) is 5.69 Å². The minimum Gasteiger partial charge on any atom is -0.439 e. The zero-order valence-corrected chi connectivity index (χ0v) is 9.11. The van der Waals surface area contributed by atoms with Crippen molar-refractivity contribution in [2.75, 3.05) is 0 Å². The molecule has 1 aromatic heterocycles. The monoisotopic (exact) mass is 241 g/mol. The molecule has 0 atom stereocenters. The zero-order valence-electron chi connectivity index (χ0n) is 9.11. The first-order valence-electron chi connectivity index (χ1n) is 4.98. The maximum Gasteiger partial charge on any atom is 0.269 e. The van der Waals surface area contributed by atoms with Crippen molar-refractivity contribution < 1.29 is 9.66 Å². The zero-order chi connectivity index (χ0) is 13.0. The van der Waals surface area contributed by atoms with Crippen LogP contribution >= 0.6 is 0 Å².